The molecule has 194 valence electrons. The third-order valence-corrected chi connectivity index (χ3v) is 8.57. The molecule has 3 aliphatic rings. The van der Waals surface area contributed by atoms with Crippen molar-refractivity contribution in [2.45, 2.75) is 38.5 Å². The van der Waals surface area contributed by atoms with E-state index in [4.69, 9.17) is 0 Å². The van der Waals surface area contributed by atoms with E-state index in [-0.39, 0.29) is 11.6 Å². The summed E-state index contributed by atoms with van der Waals surface area (Å²) in [5.74, 6) is 0.498. The van der Waals surface area contributed by atoms with E-state index < -0.39 is 0 Å². The molecule has 2 saturated heterocycles. The number of hydrogen-bond acceptors (Lipinski definition) is 6. The first-order valence-corrected chi connectivity index (χ1v) is 14.0. The van der Waals surface area contributed by atoms with Crippen molar-refractivity contribution in [1.82, 2.24) is 19.6 Å². The maximum Gasteiger partial charge on any atom is 0.163 e. The molecule has 2 aromatic carbocycles. The summed E-state index contributed by atoms with van der Waals surface area (Å²) in [4.78, 5) is 36.1. The van der Waals surface area contributed by atoms with Crippen LogP contribution in [-0.4, -0.2) is 111 Å². The molecular formula is C30H42N4O2. The van der Waals surface area contributed by atoms with Crippen LogP contribution in [-0.2, 0) is 12.8 Å². The number of carbonyl (C=O) groups excluding carboxylic acids is 2. The zero-order valence-electron chi connectivity index (χ0n) is 22.2. The molecule has 2 heterocycles. The third-order valence-electron chi connectivity index (χ3n) is 8.57. The summed E-state index contributed by atoms with van der Waals surface area (Å²) in [7, 11) is 4.34. The number of nitrogens with zero attached hydrogens (tertiary/aromatic N) is 4. The van der Waals surface area contributed by atoms with Gasteiger partial charge in [-0.25, -0.2) is 0 Å². The topological polar surface area (TPSA) is 47.1 Å². The second-order valence-electron chi connectivity index (χ2n) is 11.1. The number of likely N-dealkylation sites (N-methyl/N-ethyl adjacent to an activating group) is 2. The molecule has 0 bridgehead atoms. The molecule has 2 aliphatic heterocycles. The molecule has 5 rings (SSSR count). The van der Waals surface area contributed by atoms with Crippen LogP contribution >= 0.6 is 0 Å². The van der Waals surface area contributed by atoms with Crippen molar-refractivity contribution in [3.8, 4) is 0 Å². The van der Waals surface area contributed by atoms with Gasteiger partial charge >= 0.3 is 0 Å². The highest BCUT2D eigenvalue weighted by atomic mass is 16.1. The van der Waals surface area contributed by atoms with E-state index in [0.717, 1.165) is 108 Å². The lowest BCUT2D eigenvalue weighted by Gasteiger charge is -2.32. The molecule has 0 radical (unpaired) electrons. The lowest BCUT2D eigenvalue weighted by Crippen LogP contribution is -2.44. The number of piperazine rings is 2. The molecule has 2 fully saturated rings. The highest BCUT2D eigenvalue weighted by Gasteiger charge is 2.24. The standard InChI is InChI=1S/C30H42N4O2/c1-31-15-19-33(20-16-31)13-3-5-28(35)24-9-7-23-8-10-26-25(11-12-27(24)30(23)26)29(36)6-4-14-34-21-17-32(2)18-22-34/h7,9,11-12H,3-6,8,10,13-22H2,1-2H3. The Morgan fingerprint density at radius 1 is 0.667 bits per heavy atom. The Hall–Kier alpha value is -2.12. The van der Waals surface area contributed by atoms with Crippen LogP contribution in [0.4, 0.5) is 0 Å². The van der Waals surface area contributed by atoms with Crippen molar-refractivity contribution in [2.75, 3.05) is 79.5 Å². The Morgan fingerprint density at radius 2 is 1.19 bits per heavy atom. The highest BCUT2D eigenvalue weighted by molar-refractivity contribution is 6.12. The number of benzene rings is 2. The minimum absolute atomic E-state index is 0.236. The summed E-state index contributed by atoms with van der Waals surface area (Å²) < 4.78 is 0. The lowest BCUT2D eigenvalue weighted by atomic mass is 9.91. The van der Waals surface area contributed by atoms with Crippen LogP contribution in [0.5, 0.6) is 0 Å². The zero-order chi connectivity index (χ0) is 25.1. The Bertz CT molecular complexity index is 1100. The molecule has 0 atom stereocenters. The van der Waals surface area contributed by atoms with Crippen LogP contribution in [0.2, 0.25) is 0 Å². The van der Waals surface area contributed by atoms with E-state index in [9.17, 15) is 9.59 Å². The fraction of sp³-hybridized carbons (Fsp3) is 0.600. The summed E-state index contributed by atoms with van der Waals surface area (Å²) in [6, 6.07) is 8.22. The fourth-order valence-electron chi connectivity index (χ4n) is 6.17. The third kappa shape index (κ3) is 5.72. The van der Waals surface area contributed by atoms with Crippen molar-refractivity contribution < 1.29 is 9.59 Å². The summed E-state index contributed by atoms with van der Waals surface area (Å²) >= 11 is 0. The monoisotopic (exact) mass is 490 g/mol. The van der Waals surface area contributed by atoms with Gasteiger partial charge in [0.25, 0.3) is 0 Å². The van der Waals surface area contributed by atoms with Crippen LogP contribution in [0.15, 0.2) is 24.3 Å². The maximum atomic E-state index is 13.2. The van der Waals surface area contributed by atoms with Crippen molar-refractivity contribution in [1.29, 1.82) is 0 Å². The van der Waals surface area contributed by atoms with E-state index in [1.165, 1.54) is 16.5 Å². The molecule has 0 spiro atoms. The molecule has 1 aliphatic carbocycles. The summed E-state index contributed by atoms with van der Waals surface area (Å²) in [5, 5.41) is 2.24. The van der Waals surface area contributed by atoms with Crippen molar-refractivity contribution in [2.24, 2.45) is 0 Å². The second kappa shape index (κ2) is 11.5. The quantitative estimate of drug-likeness (QED) is 0.476. The largest absolute Gasteiger partial charge is 0.304 e. The van der Waals surface area contributed by atoms with Gasteiger partial charge in [0, 0.05) is 76.3 Å². The molecule has 0 saturated carbocycles. The molecule has 0 amide bonds. The summed E-state index contributed by atoms with van der Waals surface area (Å²) in [5.41, 5.74) is 4.20. The first-order chi connectivity index (χ1) is 17.5. The van der Waals surface area contributed by atoms with Gasteiger partial charge in [-0.15, -0.1) is 0 Å². The van der Waals surface area contributed by atoms with Crippen LogP contribution in [0, 0.1) is 0 Å². The lowest BCUT2D eigenvalue weighted by molar-refractivity contribution is 0.0960. The van der Waals surface area contributed by atoms with E-state index in [2.05, 4.69) is 45.8 Å². The molecule has 36 heavy (non-hydrogen) atoms. The zero-order valence-corrected chi connectivity index (χ0v) is 22.2. The average molecular weight is 491 g/mol. The van der Waals surface area contributed by atoms with E-state index in [0.29, 0.717) is 12.8 Å². The van der Waals surface area contributed by atoms with Gasteiger partial charge in [0.05, 0.1) is 0 Å². The molecule has 2 aromatic rings. The minimum atomic E-state index is 0.236. The summed E-state index contributed by atoms with van der Waals surface area (Å²) in [6.45, 7) is 10.8. The van der Waals surface area contributed by atoms with Crippen LogP contribution in [0.25, 0.3) is 10.8 Å². The first-order valence-electron chi connectivity index (χ1n) is 14.0. The molecule has 6 nitrogen and oxygen atoms in total. The Labute approximate surface area is 216 Å². The number of rotatable bonds is 10. The summed E-state index contributed by atoms with van der Waals surface area (Å²) in [6.07, 6.45) is 4.89. The number of aryl methyl sites for hydroxylation is 2. The van der Waals surface area contributed by atoms with Crippen molar-refractivity contribution >= 4 is 22.3 Å². The van der Waals surface area contributed by atoms with E-state index in [1.54, 1.807) is 0 Å². The molecule has 6 heteroatoms. The van der Waals surface area contributed by atoms with Gasteiger partial charge in [-0.2, -0.15) is 0 Å². The van der Waals surface area contributed by atoms with Gasteiger partial charge in [0.15, 0.2) is 11.6 Å². The smallest absolute Gasteiger partial charge is 0.163 e. The van der Waals surface area contributed by atoms with Crippen LogP contribution in [0.3, 0.4) is 0 Å². The van der Waals surface area contributed by atoms with Crippen molar-refractivity contribution in [3.63, 3.8) is 0 Å². The predicted molar refractivity (Wildman–Crippen MR) is 146 cm³/mol. The van der Waals surface area contributed by atoms with Gasteiger partial charge in [0.1, 0.15) is 0 Å². The van der Waals surface area contributed by atoms with Gasteiger partial charge in [-0.1, -0.05) is 24.3 Å². The second-order valence-corrected chi connectivity index (χ2v) is 11.1. The van der Waals surface area contributed by atoms with Gasteiger partial charge in [0.2, 0.25) is 0 Å². The maximum absolute atomic E-state index is 13.2. The number of carbonyl (C=O) groups is 2. The van der Waals surface area contributed by atoms with Gasteiger partial charge in [-0.05, 0) is 74.8 Å². The Kier molecular flexibility index (Phi) is 8.16. The van der Waals surface area contributed by atoms with Gasteiger partial charge in [-0.3, -0.25) is 9.59 Å². The molecular weight excluding hydrogens is 448 g/mol. The number of Topliss-reactive ketones (excluding diaryl/α,β-unsaturated/α-hetero) is 2. The predicted octanol–water partition coefficient (Wildman–Crippen LogP) is 3.36. The van der Waals surface area contributed by atoms with E-state index in [1.807, 2.05) is 12.1 Å². The number of ketones is 2. The minimum Gasteiger partial charge on any atom is -0.304 e. The fourth-order valence-corrected chi connectivity index (χ4v) is 6.17. The van der Waals surface area contributed by atoms with Crippen LogP contribution in [0.1, 0.15) is 57.5 Å². The Balaban J connectivity index is 1.22. The normalized spacial score (nSPS) is 19.8. The molecule has 0 unspecified atom stereocenters. The SMILES string of the molecule is CN1CCN(CCCC(=O)c2ccc3c(C(=O)CCCN4CCN(C)CC4)ccc4c3c2CC4)CC1. The average Bonchev–Trinajstić information content (AvgIpc) is 3.32. The highest BCUT2D eigenvalue weighted by Crippen LogP contribution is 2.36. The number of hydrogen-bond donors (Lipinski definition) is 0. The van der Waals surface area contributed by atoms with Gasteiger partial charge < -0.3 is 19.6 Å². The molecule has 0 N–H and O–H groups in total. The Morgan fingerprint density at radius 3 is 1.78 bits per heavy atom. The first kappa shape index (κ1) is 25.5. The molecule has 0 aromatic heterocycles. The van der Waals surface area contributed by atoms with Crippen LogP contribution < -0.4 is 0 Å². The van der Waals surface area contributed by atoms with E-state index >= 15 is 0 Å². The van der Waals surface area contributed by atoms with Crippen molar-refractivity contribution in [3.05, 3.63) is 46.5 Å².